The van der Waals surface area contributed by atoms with E-state index in [1.807, 2.05) is 0 Å². The molecule has 1 aromatic heterocycles. The van der Waals surface area contributed by atoms with Gasteiger partial charge in [0.2, 0.25) is 0 Å². The Morgan fingerprint density at radius 3 is 2.83 bits per heavy atom. The molecule has 2 rings (SSSR count). The van der Waals surface area contributed by atoms with Gasteiger partial charge in [-0.05, 0) is 12.8 Å². The van der Waals surface area contributed by atoms with Crippen molar-refractivity contribution in [3.8, 4) is 0 Å². The van der Waals surface area contributed by atoms with Crippen molar-refractivity contribution in [1.82, 2.24) is 4.98 Å². The fourth-order valence-electron chi connectivity index (χ4n) is 1.72. The molecule has 66 valence electrons. The van der Waals surface area contributed by atoms with Crippen molar-refractivity contribution in [2.75, 3.05) is 5.32 Å². The lowest BCUT2D eigenvalue weighted by Crippen LogP contribution is -2.22. The van der Waals surface area contributed by atoms with Gasteiger partial charge in [-0.1, -0.05) is 19.3 Å². The second kappa shape index (κ2) is 3.61. The zero-order valence-electron chi connectivity index (χ0n) is 7.12. The van der Waals surface area contributed by atoms with E-state index in [9.17, 15) is 0 Å². The minimum absolute atomic E-state index is 0.581. The largest absolute Gasteiger partial charge is 0.432 e. The Hall–Kier alpha value is -0.990. The number of nitrogens with zero attached hydrogens (tertiary/aromatic N) is 1. The van der Waals surface area contributed by atoms with Crippen LogP contribution in [0.3, 0.4) is 0 Å². The summed E-state index contributed by atoms with van der Waals surface area (Å²) in [5.74, 6) is 0. The number of nitrogens with one attached hydrogen (secondary N) is 1. The molecule has 1 aliphatic carbocycles. The van der Waals surface area contributed by atoms with E-state index in [1.165, 1.54) is 32.1 Å². The summed E-state index contributed by atoms with van der Waals surface area (Å²) in [5, 5.41) is 3.28. The Morgan fingerprint density at radius 1 is 1.33 bits per heavy atom. The molecule has 0 atom stereocenters. The first-order valence-corrected chi connectivity index (χ1v) is 4.61. The lowest BCUT2D eigenvalue weighted by atomic mass is 9.96. The maximum Gasteiger partial charge on any atom is 0.294 e. The molecule has 3 heteroatoms. The third-order valence-electron chi connectivity index (χ3n) is 2.37. The highest BCUT2D eigenvalue weighted by Gasteiger charge is 2.13. The standard InChI is InChI=1S/C9H14N2O/c1-2-4-8(5-3-1)11-9-10-6-7-12-9/h6-8H,1-5H2,(H,10,11). The third kappa shape index (κ3) is 1.78. The highest BCUT2D eigenvalue weighted by atomic mass is 16.4. The van der Waals surface area contributed by atoms with Gasteiger partial charge >= 0.3 is 0 Å². The molecule has 1 aliphatic rings. The van der Waals surface area contributed by atoms with Crippen LogP contribution >= 0.6 is 0 Å². The summed E-state index contributed by atoms with van der Waals surface area (Å²) in [6.45, 7) is 0. The van der Waals surface area contributed by atoms with Crippen LogP contribution in [0.5, 0.6) is 0 Å². The monoisotopic (exact) mass is 166 g/mol. The fourth-order valence-corrected chi connectivity index (χ4v) is 1.72. The van der Waals surface area contributed by atoms with Crippen LogP contribution in [0.1, 0.15) is 32.1 Å². The van der Waals surface area contributed by atoms with Gasteiger partial charge in [0.25, 0.3) is 6.01 Å². The van der Waals surface area contributed by atoms with Crippen LogP contribution in [-0.4, -0.2) is 11.0 Å². The van der Waals surface area contributed by atoms with Gasteiger partial charge in [0.15, 0.2) is 0 Å². The molecule has 0 aromatic carbocycles. The minimum Gasteiger partial charge on any atom is -0.432 e. The average Bonchev–Trinajstić information content (AvgIpc) is 2.59. The van der Waals surface area contributed by atoms with Crippen molar-refractivity contribution in [2.45, 2.75) is 38.1 Å². The summed E-state index contributed by atoms with van der Waals surface area (Å²) in [4.78, 5) is 4.03. The normalized spacial score (nSPS) is 19.3. The van der Waals surface area contributed by atoms with Crippen molar-refractivity contribution in [3.05, 3.63) is 12.5 Å². The lowest BCUT2D eigenvalue weighted by molar-refractivity contribution is 0.448. The van der Waals surface area contributed by atoms with Crippen LogP contribution in [0.15, 0.2) is 16.9 Å². The number of rotatable bonds is 2. The quantitative estimate of drug-likeness (QED) is 0.733. The summed E-state index contributed by atoms with van der Waals surface area (Å²) in [7, 11) is 0. The maximum atomic E-state index is 5.11. The molecule has 1 heterocycles. The first-order valence-electron chi connectivity index (χ1n) is 4.61. The Labute approximate surface area is 72.2 Å². The van der Waals surface area contributed by atoms with Crippen LogP contribution in [-0.2, 0) is 0 Å². The van der Waals surface area contributed by atoms with Crippen molar-refractivity contribution >= 4 is 6.01 Å². The van der Waals surface area contributed by atoms with E-state index in [4.69, 9.17) is 4.42 Å². The summed E-state index contributed by atoms with van der Waals surface area (Å²) in [6.07, 6.45) is 9.82. The predicted octanol–water partition coefficient (Wildman–Crippen LogP) is 2.42. The summed E-state index contributed by atoms with van der Waals surface area (Å²) >= 11 is 0. The van der Waals surface area contributed by atoms with E-state index in [2.05, 4.69) is 10.3 Å². The molecule has 0 amide bonds. The second-order valence-electron chi connectivity index (χ2n) is 3.32. The molecule has 1 saturated carbocycles. The summed E-state index contributed by atoms with van der Waals surface area (Å²) in [5.41, 5.74) is 0. The zero-order valence-corrected chi connectivity index (χ0v) is 7.12. The van der Waals surface area contributed by atoms with Crippen LogP contribution in [0.2, 0.25) is 0 Å². The van der Waals surface area contributed by atoms with Crippen LogP contribution in [0.25, 0.3) is 0 Å². The highest BCUT2D eigenvalue weighted by Crippen LogP contribution is 2.20. The maximum absolute atomic E-state index is 5.11. The summed E-state index contributed by atoms with van der Waals surface area (Å²) < 4.78 is 5.11. The van der Waals surface area contributed by atoms with Gasteiger partial charge in [0, 0.05) is 6.04 Å². The first kappa shape index (κ1) is 7.65. The molecule has 1 fully saturated rings. The fraction of sp³-hybridized carbons (Fsp3) is 0.667. The number of hydrogen-bond acceptors (Lipinski definition) is 3. The van der Waals surface area contributed by atoms with Crippen molar-refractivity contribution < 1.29 is 4.42 Å². The second-order valence-corrected chi connectivity index (χ2v) is 3.32. The number of oxazole rings is 1. The molecule has 12 heavy (non-hydrogen) atoms. The molecule has 3 nitrogen and oxygen atoms in total. The van der Waals surface area contributed by atoms with Gasteiger partial charge in [-0.3, -0.25) is 0 Å². The predicted molar refractivity (Wildman–Crippen MR) is 47.0 cm³/mol. The molecule has 0 spiro atoms. The SMILES string of the molecule is c1coc(NC2CCCCC2)n1. The van der Waals surface area contributed by atoms with Crippen LogP contribution < -0.4 is 5.32 Å². The van der Waals surface area contributed by atoms with Crippen LogP contribution in [0, 0.1) is 0 Å². The Morgan fingerprint density at radius 2 is 2.17 bits per heavy atom. The smallest absolute Gasteiger partial charge is 0.294 e. The van der Waals surface area contributed by atoms with E-state index in [0.29, 0.717) is 12.1 Å². The Kier molecular flexibility index (Phi) is 2.30. The lowest BCUT2D eigenvalue weighted by Gasteiger charge is -2.21. The number of hydrogen-bond donors (Lipinski definition) is 1. The molecular weight excluding hydrogens is 152 g/mol. The molecular formula is C9H14N2O. The minimum atomic E-state index is 0.581. The van der Waals surface area contributed by atoms with E-state index in [1.54, 1.807) is 12.5 Å². The number of anilines is 1. The Balaban J connectivity index is 1.86. The van der Waals surface area contributed by atoms with Crippen molar-refractivity contribution in [3.63, 3.8) is 0 Å². The topological polar surface area (TPSA) is 38.1 Å². The molecule has 0 radical (unpaired) electrons. The van der Waals surface area contributed by atoms with Gasteiger partial charge in [-0.25, -0.2) is 4.98 Å². The highest BCUT2D eigenvalue weighted by molar-refractivity contribution is 5.20. The van der Waals surface area contributed by atoms with Gasteiger partial charge in [0.1, 0.15) is 6.26 Å². The molecule has 0 aliphatic heterocycles. The van der Waals surface area contributed by atoms with Gasteiger partial charge in [-0.2, -0.15) is 0 Å². The third-order valence-corrected chi connectivity index (χ3v) is 2.37. The van der Waals surface area contributed by atoms with Crippen LogP contribution in [0.4, 0.5) is 6.01 Å². The number of aromatic nitrogens is 1. The van der Waals surface area contributed by atoms with E-state index in [0.717, 1.165) is 0 Å². The van der Waals surface area contributed by atoms with Crippen molar-refractivity contribution in [2.24, 2.45) is 0 Å². The first-order chi connectivity index (χ1) is 5.95. The van der Waals surface area contributed by atoms with E-state index in [-0.39, 0.29) is 0 Å². The van der Waals surface area contributed by atoms with Gasteiger partial charge in [0.05, 0.1) is 6.20 Å². The molecule has 0 bridgehead atoms. The van der Waals surface area contributed by atoms with Gasteiger partial charge in [-0.15, -0.1) is 0 Å². The molecule has 1 aromatic rings. The van der Waals surface area contributed by atoms with E-state index >= 15 is 0 Å². The van der Waals surface area contributed by atoms with Gasteiger partial charge < -0.3 is 9.73 Å². The molecule has 0 unspecified atom stereocenters. The molecule has 1 N–H and O–H groups in total. The zero-order chi connectivity index (χ0) is 8.23. The molecule has 0 saturated heterocycles. The van der Waals surface area contributed by atoms with E-state index < -0.39 is 0 Å². The van der Waals surface area contributed by atoms with Crippen molar-refractivity contribution in [1.29, 1.82) is 0 Å². The summed E-state index contributed by atoms with van der Waals surface area (Å²) in [6, 6.07) is 1.25. The average molecular weight is 166 g/mol. The Bertz CT molecular complexity index is 214.